The molecule has 0 fully saturated rings. The van der Waals surface area contributed by atoms with E-state index in [2.05, 4.69) is 82.9 Å². The second-order valence-electron chi connectivity index (χ2n) is 15.9. The molecule has 1 N–H and O–H groups in total. The molecule has 57 heavy (non-hydrogen) atoms. The standard InChI is InChI=1S/C21H25N5OS.C18H20N4S.C3H6ClNO/c1-21(2,3)15-9-7-14(8-10-15)17-16(13-22)18(24-19(27)25(4)5)26-11-6-12-28-20(26)23-17;1-18(2,3)13-7-5-12(6-8-13)15-14(11-19)16(20)22-9-4-10-23-17(22)21-15;1-5(2)3(4)6/h7-10H,6,11-12H2,1-5H3;5-8,20H,4,9-10H2,1-3H3;1-2H3. The molecule has 4 heterocycles. The SMILES string of the molecule is CC(C)(C)c1ccc(-c2nc3n(c(=N)c2C#N)CCCS3)cc1.CN(C)C(=O)Cl.CN(C)C(=O)N=c1c(C#N)c(-c2ccc(C(C)(C)C)cc2)nc2n1CCCS2. The molecule has 0 saturated heterocycles. The number of rotatable bonds is 2. The lowest BCUT2D eigenvalue weighted by molar-refractivity contribution is 0.226. The summed E-state index contributed by atoms with van der Waals surface area (Å²) in [7, 11) is 6.48. The molecule has 0 unspecified atom stereocenters. The number of hydrogen-bond acceptors (Lipinski definition) is 9. The summed E-state index contributed by atoms with van der Waals surface area (Å²) in [5.41, 5.74) is 6.92. The van der Waals surface area contributed by atoms with Crippen LogP contribution in [0, 0.1) is 28.1 Å². The minimum absolute atomic E-state index is 0.0458. The number of amides is 3. The molecule has 2 aliphatic heterocycles. The summed E-state index contributed by atoms with van der Waals surface area (Å²) in [5, 5.41) is 29.0. The highest BCUT2D eigenvalue weighted by Gasteiger charge is 2.22. The van der Waals surface area contributed by atoms with Gasteiger partial charge < -0.3 is 18.9 Å². The van der Waals surface area contributed by atoms with Gasteiger partial charge in [0.15, 0.2) is 15.8 Å². The van der Waals surface area contributed by atoms with Crippen LogP contribution >= 0.6 is 35.1 Å². The molecule has 0 saturated carbocycles. The van der Waals surface area contributed by atoms with Crippen LogP contribution in [0.3, 0.4) is 0 Å². The average Bonchev–Trinajstić information content (AvgIpc) is 3.17. The van der Waals surface area contributed by atoms with Gasteiger partial charge in [0.05, 0.1) is 11.4 Å². The molecule has 2 aliphatic rings. The van der Waals surface area contributed by atoms with E-state index in [4.69, 9.17) is 27.0 Å². The fourth-order valence-electron chi connectivity index (χ4n) is 5.69. The number of halogens is 1. The number of nitrogens with zero attached hydrogens (tertiary/aromatic N) is 9. The van der Waals surface area contributed by atoms with E-state index in [9.17, 15) is 20.1 Å². The van der Waals surface area contributed by atoms with Crippen LogP contribution in [0.15, 0.2) is 63.8 Å². The predicted octanol–water partition coefficient (Wildman–Crippen LogP) is 8.40. The quantitative estimate of drug-likeness (QED) is 0.120. The van der Waals surface area contributed by atoms with Crippen molar-refractivity contribution in [3.8, 4) is 34.7 Å². The van der Waals surface area contributed by atoms with Crippen LogP contribution < -0.4 is 11.0 Å². The van der Waals surface area contributed by atoms with Gasteiger partial charge in [-0.15, -0.1) is 0 Å². The Morgan fingerprint density at radius 1 is 0.737 bits per heavy atom. The maximum atomic E-state index is 12.3. The Bertz CT molecular complexity index is 2320. The molecule has 4 aromatic rings. The predicted molar refractivity (Wildman–Crippen MR) is 228 cm³/mol. The molecule has 0 spiro atoms. The normalized spacial score (nSPS) is 13.6. The van der Waals surface area contributed by atoms with Crippen molar-refractivity contribution in [2.24, 2.45) is 4.99 Å². The lowest BCUT2D eigenvalue weighted by atomic mass is 9.86. The van der Waals surface area contributed by atoms with Crippen molar-refractivity contribution in [2.75, 3.05) is 39.7 Å². The van der Waals surface area contributed by atoms with Crippen LogP contribution in [-0.4, -0.2) is 80.0 Å². The van der Waals surface area contributed by atoms with Crippen LogP contribution in [-0.2, 0) is 23.9 Å². The zero-order chi connectivity index (χ0) is 42.2. The second-order valence-corrected chi connectivity index (χ2v) is 18.4. The van der Waals surface area contributed by atoms with Gasteiger partial charge in [-0.05, 0) is 46.4 Å². The zero-order valence-corrected chi connectivity index (χ0v) is 36.8. The Morgan fingerprint density at radius 2 is 1.14 bits per heavy atom. The molecule has 12 nitrogen and oxygen atoms in total. The maximum absolute atomic E-state index is 12.3. The van der Waals surface area contributed by atoms with Crippen molar-refractivity contribution in [2.45, 2.75) is 88.6 Å². The van der Waals surface area contributed by atoms with E-state index in [1.54, 1.807) is 51.7 Å². The number of urea groups is 1. The molecule has 0 radical (unpaired) electrons. The Balaban J connectivity index is 0.000000224. The molecular weight excluding hydrogens is 776 g/mol. The molecule has 0 aliphatic carbocycles. The molecule has 0 atom stereocenters. The smallest absolute Gasteiger partial charge is 0.335 e. The minimum Gasteiger partial charge on any atom is -0.335 e. The van der Waals surface area contributed by atoms with Gasteiger partial charge in [-0.25, -0.2) is 14.8 Å². The third-order valence-corrected chi connectivity index (χ3v) is 11.5. The number of fused-ring (bicyclic) bond motifs is 2. The number of thioether (sulfide) groups is 2. The average molecular weight is 828 g/mol. The number of benzene rings is 2. The highest BCUT2D eigenvalue weighted by atomic mass is 35.5. The van der Waals surface area contributed by atoms with Crippen LogP contribution in [0.5, 0.6) is 0 Å². The number of nitriles is 2. The van der Waals surface area contributed by atoms with E-state index in [1.807, 2.05) is 33.4 Å². The van der Waals surface area contributed by atoms with Gasteiger partial charge in [0.2, 0.25) is 0 Å². The van der Waals surface area contributed by atoms with E-state index in [0.717, 1.165) is 52.3 Å². The Labute approximate surface area is 349 Å². The minimum atomic E-state index is -0.435. The first-order valence-electron chi connectivity index (χ1n) is 18.5. The number of nitrogens with one attached hydrogen (secondary N) is 1. The first kappa shape index (κ1) is 44.8. The first-order chi connectivity index (χ1) is 26.8. The van der Waals surface area contributed by atoms with Crippen LogP contribution in [0.4, 0.5) is 9.59 Å². The van der Waals surface area contributed by atoms with E-state index >= 15 is 0 Å². The van der Waals surface area contributed by atoms with E-state index in [1.165, 1.54) is 20.9 Å². The van der Waals surface area contributed by atoms with Crippen molar-refractivity contribution in [3.63, 3.8) is 0 Å². The molecule has 0 bridgehead atoms. The summed E-state index contributed by atoms with van der Waals surface area (Å²) in [6.07, 6.45) is 1.97. The number of aromatic nitrogens is 4. The van der Waals surface area contributed by atoms with Crippen molar-refractivity contribution in [3.05, 3.63) is 81.8 Å². The van der Waals surface area contributed by atoms with Gasteiger partial charge in [-0.3, -0.25) is 10.2 Å². The Morgan fingerprint density at radius 3 is 1.53 bits per heavy atom. The maximum Gasteiger partial charge on any atom is 0.345 e. The molecule has 6 rings (SSSR count). The molecule has 15 heteroatoms. The molecular formula is C42H51ClN10O2S2. The van der Waals surface area contributed by atoms with E-state index in [-0.39, 0.29) is 22.3 Å². The van der Waals surface area contributed by atoms with Crippen molar-refractivity contribution in [1.29, 1.82) is 15.9 Å². The topological polar surface area (TPSA) is 160 Å². The number of hydrogen-bond donors (Lipinski definition) is 1. The molecule has 3 amide bonds. The lowest BCUT2D eigenvalue weighted by Gasteiger charge is -2.21. The third kappa shape index (κ3) is 11.2. The summed E-state index contributed by atoms with van der Waals surface area (Å²) in [5.74, 6) is 1.98. The molecule has 300 valence electrons. The van der Waals surface area contributed by atoms with E-state index in [0.29, 0.717) is 34.5 Å². The highest BCUT2D eigenvalue weighted by Crippen LogP contribution is 2.31. The first-order valence-corrected chi connectivity index (χ1v) is 20.9. The summed E-state index contributed by atoms with van der Waals surface area (Å²) < 4.78 is 3.74. The van der Waals surface area contributed by atoms with Gasteiger partial charge in [-0.1, -0.05) is 114 Å². The summed E-state index contributed by atoms with van der Waals surface area (Å²) >= 11 is 8.19. The third-order valence-electron chi connectivity index (χ3n) is 9.06. The highest BCUT2D eigenvalue weighted by molar-refractivity contribution is 7.99. The van der Waals surface area contributed by atoms with Gasteiger partial charge in [0.25, 0.3) is 0 Å². The number of carbonyl (C=O) groups is 2. The van der Waals surface area contributed by atoms with Crippen molar-refractivity contribution < 1.29 is 9.59 Å². The molecule has 2 aromatic heterocycles. The summed E-state index contributed by atoms with van der Waals surface area (Å²) in [4.78, 5) is 38.5. The fraction of sp³-hybridized carbons (Fsp3) is 0.429. The van der Waals surface area contributed by atoms with Gasteiger partial charge in [0, 0.05) is 63.9 Å². The Hall–Kier alpha value is -4.89. The molecule has 2 aromatic carbocycles. The van der Waals surface area contributed by atoms with Crippen molar-refractivity contribution >= 4 is 46.5 Å². The Kier molecular flexibility index (Phi) is 15.0. The van der Waals surface area contributed by atoms with Gasteiger partial charge in [0.1, 0.15) is 28.8 Å². The second kappa shape index (κ2) is 19.0. The number of carbonyl (C=O) groups excluding carboxylic acids is 2. The lowest BCUT2D eigenvalue weighted by Crippen LogP contribution is -2.33. The van der Waals surface area contributed by atoms with Gasteiger partial charge in [-0.2, -0.15) is 15.5 Å². The van der Waals surface area contributed by atoms with Gasteiger partial charge >= 0.3 is 11.4 Å². The summed E-state index contributed by atoms with van der Waals surface area (Å²) in [6, 6.07) is 20.3. The summed E-state index contributed by atoms with van der Waals surface area (Å²) in [6.45, 7) is 14.5. The van der Waals surface area contributed by atoms with Crippen molar-refractivity contribution in [1.82, 2.24) is 28.9 Å². The van der Waals surface area contributed by atoms with Crippen LogP contribution in [0.25, 0.3) is 22.5 Å². The fourth-order valence-corrected chi connectivity index (χ4v) is 7.58. The van der Waals surface area contributed by atoms with E-state index < -0.39 is 5.37 Å². The largest absolute Gasteiger partial charge is 0.345 e. The zero-order valence-electron chi connectivity index (χ0n) is 34.4. The monoisotopic (exact) mass is 826 g/mol. The van der Waals surface area contributed by atoms with Crippen LogP contribution in [0.2, 0.25) is 0 Å². The van der Waals surface area contributed by atoms with Crippen LogP contribution in [0.1, 0.15) is 76.6 Å².